The summed E-state index contributed by atoms with van der Waals surface area (Å²) in [5.74, 6) is 0.376. The zero-order chi connectivity index (χ0) is 16.5. The van der Waals surface area contributed by atoms with Crippen molar-refractivity contribution in [2.75, 3.05) is 6.61 Å². The summed E-state index contributed by atoms with van der Waals surface area (Å²) in [7, 11) is 0. The predicted molar refractivity (Wildman–Crippen MR) is 96.7 cm³/mol. The third-order valence-corrected chi connectivity index (χ3v) is 3.37. The normalized spacial score (nSPS) is 11.5. The van der Waals surface area contributed by atoms with Gasteiger partial charge in [-0.25, -0.2) is 5.43 Å². The van der Waals surface area contributed by atoms with Crippen LogP contribution in [0.15, 0.2) is 64.2 Å². The van der Waals surface area contributed by atoms with Gasteiger partial charge in [-0.05, 0) is 46.1 Å². The van der Waals surface area contributed by atoms with Crippen LogP contribution >= 0.6 is 15.9 Å². The van der Waals surface area contributed by atoms with Gasteiger partial charge in [0.2, 0.25) is 0 Å². The molecule has 0 aliphatic carbocycles. The average molecular weight is 373 g/mol. The Morgan fingerprint density at radius 1 is 1.17 bits per heavy atom. The summed E-state index contributed by atoms with van der Waals surface area (Å²) in [6.07, 6.45) is 3.43. The molecule has 4 nitrogen and oxygen atoms in total. The van der Waals surface area contributed by atoms with Crippen LogP contribution in [-0.4, -0.2) is 18.7 Å². The molecule has 0 bridgehead atoms. The molecule has 0 saturated heterocycles. The van der Waals surface area contributed by atoms with Crippen molar-refractivity contribution < 1.29 is 9.53 Å². The van der Waals surface area contributed by atoms with Crippen molar-refractivity contribution in [3.8, 4) is 5.75 Å². The lowest BCUT2D eigenvalue weighted by Gasteiger charge is -2.07. The Bertz CT molecular complexity index is 712. The second kappa shape index (κ2) is 8.90. The summed E-state index contributed by atoms with van der Waals surface area (Å²) >= 11 is 3.38. The van der Waals surface area contributed by atoms with Crippen molar-refractivity contribution in [3.63, 3.8) is 0 Å². The fourth-order valence-electron chi connectivity index (χ4n) is 1.81. The zero-order valence-electron chi connectivity index (χ0n) is 12.7. The molecule has 0 aliphatic heterocycles. The summed E-state index contributed by atoms with van der Waals surface area (Å²) in [5, 5.41) is 3.88. The van der Waals surface area contributed by atoms with E-state index in [1.807, 2.05) is 67.6 Å². The minimum Gasteiger partial charge on any atom is -0.483 e. The fraction of sp³-hybridized carbons (Fsp3) is 0.111. The van der Waals surface area contributed by atoms with Crippen molar-refractivity contribution in [2.45, 2.75) is 6.92 Å². The number of halogens is 1. The molecule has 0 atom stereocenters. The maximum absolute atomic E-state index is 11.7. The fourth-order valence-corrected chi connectivity index (χ4v) is 2.17. The van der Waals surface area contributed by atoms with Crippen molar-refractivity contribution >= 4 is 34.1 Å². The van der Waals surface area contributed by atoms with Gasteiger partial charge in [-0.3, -0.25) is 4.79 Å². The molecular weight excluding hydrogens is 356 g/mol. The van der Waals surface area contributed by atoms with Crippen LogP contribution in [0.25, 0.3) is 6.08 Å². The van der Waals surface area contributed by atoms with E-state index in [2.05, 4.69) is 26.5 Å². The highest BCUT2D eigenvalue weighted by Crippen LogP contribution is 2.15. The standard InChI is InChI=1S/C18H17BrN2O2/c1-14-7-5-6-10-17(14)23-13-18(22)21-20-12-16(19)11-15-8-3-2-4-9-15/h2-12H,13H2,1H3,(H,21,22)/b16-11+,20-12?. The number of hydrogen-bond donors (Lipinski definition) is 1. The van der Waals surface area contributed by atoms with Gasteiger partial charge in [0.1, 0.15) is 5.75 Å². The van der Waals surface area contributed by atoms with Gasteiger partial charge in [0.25, 0.3) is 5.91 Å². The first-order valence-electron chi connectivity index (χ1n) is 7.08. The number of nitrogens with one attached hydrogen (secondary N) is 1. The van der Waals surface area contributed by atoms with Gasteiger partial charge in [-0.15, -0.1) is 0 Å². The zero-order valence-corrected chi connectivity index (χ0v) is 14.3. The predicted octanol–water partition coefficient (Wildman–Crippen LogP) is 3.91. The van der Waals surface area contributed by atoms with E-state index < -0.39 is 0 Å². The van der Waals surface area contributed by atoms with E-state index in [1.54, 1.807) is 0 Å². The van der Waals surface area contributed by atoms with E-state index in [1.165, 1.54) is 6.21 Å². The van der Waals surface area contributed by atoms with Crippen LogP contribution < -0.4 is 10.2 Å². The molecule has 2 rings (SSSR count). The van der Waals surface area contributed by atoms with E-state index in [9.17, 15) is 4.79 Å². The maximum Gasteiger partial charge on any atom is 0.277 e. The smallest absolute Gasteiger partial charge is 0.277 e. The second-order valence-corrected chi connectivity index (χ2v) is 5.70. The van der Waals surface area contributed by atoms with Crippen LogP contribution in [0, 0.1) is 6.92 Å². The van der Waals surface area contributed by atoms with Crippen LogP contribution in [0.2, 0.25) is 0 Å². The number of carbonyl (C=O) groups excluding carboxylic acids is 1. The number of carbonyl (C=O) groups is 1. The molecule has 1 N–H and O–H groups in total. The highest BCUT2D eigenvalue weighted by Gasteiger charge is 2.03. The van der Waals surface area contributed by atoms with Crippen molar-refractivity contribution in [1.82, 2.24) is 5.43 Å². The van der Waals surface area contributed by atoms with E-state index >= 15 is 0 Å². The molecular formula is C18H17BrN2O2. The Kier molecular flexibility index (Phi) is 6.56. The van der Waals surface area contributed by atoms with Gasteiger partial charge in [-0.1, -0.05) is 48.5 Å². The molecule has 2 aromatic rings. The number of ether oxygens (including phenoxy) is 1. The number of allylic oxidation sites excluding steroid dienone is 1. The Morgan fingerprint density at radius 3 is 2.61 bits per heavy atom. The Hall–Kier alpha value is -2.40. The number of amides is 1. The number of hydrazone groups is 1. The van der Waals surface area contributed by atoms with E-state index in [4.69, 9.17) is 4.74 Å². The largest absolute Gasteiger partial charge is 0.483 e. The molecule has 0 unspecified atom stereocenters. The maximum atomic E-state index is 11.7. The van der Waals surface area contributed by atoms with E-state index in [0.717, 1.165) is 15.6 Å². The monoisotopic (exact) mass is 372 g/mol. The second-order valence-electron chi connectivity index (χ2n) is 4.79. The van der Waals surface area contributed by atoms with Crippen LogP contribution in [0.5, 0.6) is 5.75 Å². The lowest BCUT2D eigenvalue weighted by molar-refractivity contribution is -0.123. The number of para-hydroxylation sites is 1. The summed E-state index contributed by atoms with van der Waals surface area (Å²) in [6, 6.07) is 17.3. The lowest BCUT2D eigenvalue weighted by Crippen LogP contribution is -2.24. The molecule has 0 saturated carbocycles. The van der Waals surface area contributed by atoms with Gasteiger partial charge >= 0.3 is 0 Å². The molecule has 5 heteroatoms. The van der Waals surface area contributed by atoms with Crippen LogP contribution in [0.4, 0.5) is 0 Å². The van der Waals surface area contributed by atoms with Crippen LogP contribution in [0.1, 0.15) is 11.1 Å². The Labute approximate surface area is 144 Å². The molecule has 2 aromatic carbocycles. The first kappa shape index (κ1) is 17.0. The average Bonchev–Trinajstić information content (AvgIpc) is 2.55. The molecule has 23 heavy (non-hydrogen) atoms. The van der Waals surface area contributed by atoms with Crippen LogP contribution in [0.3, 0.4) is 0 Å². The third kappa shape index (κ3) is 6.08. The molecule has 0 radical (unpaired) electrons. The Morgan fingerprint density at radius 2 is 1.87 bits per heavy atom. The third-order valence-electron chi connectivity index (χ3n) is 2.93. The van der Waals surface area contributed by atoms with Crippen molar-refractivity contribution in [3.05, 3.63) is 70.2 Å². The van der Waals surface area contributed by atoms with E-state index in [0.29, 0.717) is 5.75 Å². The number of hydrogen-bond acceptors (Lipinski definition) is 3. The molecule has 118 valence electrons. The van der Waals surface area contributed by atoms with Gasteiger partial charge in [0.15, 0.2) is 6.61 Å². The number of nitrogens with zero attached hydrogens (tertiary/aromatic N) is 1. The van der Waals surface area contributed by atoms with E-state index in [-0.39, 0.29) is 12.5 Å². The quantitative estimate of drug-likeness (QED) is 0.617. The van der Waals surface area contributed by atoms with Gasteiger partial charge < -0.3 is 4.74 Å². The summed E-state index contributed by atoms with van der Waals surface area (Å²) < 4.78 is 6.19. The van der Waals surface area contributed by atoms with Crippen molar-refractivity contribution in [1.29, 1.82) is 0 Å². The molecule has 0 aromatic heterocycles. The highest BCUT2D eigenvalue weighted by molar-refractivity contribution is 9.12. The summed E-state index contributed by atoms with van der Waals surface area (Å²) in [6.45, 7) is 1.85. The summed E-state index contributed by atoms with van der Waals surface area (Å²) in [4.78, 5) is 11.7. The van der Waals surface area contributed by atoms with Crippen molar-refractivity contribution in [2.24, 2.45) is 5.10 Å². The molecule has 0 spiro atoms. The minimum absolute atomic E-state index is 0.0811. The first-order chi connectivity index (χ1) is 11.1. The number of aryl methyl sites for hydroxylation is 1. The first-order valence-corrected chi connectivity index (χ1v) is 7.87. The SMILES string of the molecule is Cc1ccccc1OCC(=O)NN=C/C(Br)=C\c1ccccc1. The number of rotatable bonds is 6. The summed E-state index contributed by atoms with van der Waals surface area (Å²) in [5.41, 5.74) is 4.45. The Balaban J connectivity index is 1.80. The molecule has 0 heterocycles. The van der Waals surface area contributed by atoms with Gasteiger partial charge in [0, 0.05) is 4.48 Å². The number of benzene rings is 2. The highest BCUT2D eigenvalue weighted by atomic mass is 79.9. The topological polar surface area (TPSA) is 50.7 Å². The van der Waals surface area contributed by atoms with Gasteiger partial charge in [0.05, 0.1) is 6.21 Å². The molecule has 0 aliphatic rings. The van der Waals surface area contributed by atoms with Gasteiger partial charge in [-0.2, -0.15) is 5.10 Å². The lowest BCUT2D eigenvalue weighted by atomic mass is 10.2. The molecule has 1 amide bonds. The molecule has 0 fully saturated rings. The minimum atomic E-state index is -0.315. The van der Waals surface area contributed by atoms with Crippen LogP contribution in [-0.2, 0) is 4.79 Å².